The van der Waals surface area contributed by atoms with Gasteiger partial charge < -0.3 is 29.9 Å². The quantitative estimate of drug-likeness (QED) is 0.238. The van der Waals surface area contributed by atoms with Gasteiger partial charge in [-0.2, -0.15) is 9.97 Å². The maximum absolute atomic E-state index is 13.6. The Bertz CT molecular complexity index is 1600. The van der Waals surface area contributed by atoms with E-state index in [1.165, 1.54) is 28.1 Å². The third kappa shape index (κ3) is 8.93. The minimum atomic E-state index is -2.68. The third-order valence-electron chi connectivity index (χ3n) is 8.59. The Labute approximate surface area is 276 Å². The van der Waals surface area contributed by atoms with E-state index >= 15 is 0 Å². The summed E-state index contributed by atoms with van der Waals surface area (Å²) >= 11 is 0. The zero-order chi connectivity index (χ0) is 34.1. The Morgan fingerprint density at radius 1 is 1.28 bits per heavy atom. The summed E-state index contributed by atoms with van der Waals surface area (Å²) in [5.74, 6) is -2.34. The van der Waals surface area contributed by atoms with E-state index in [1.807, 2.05) is 13.8 Å². The predicted octanol–water partition coefficient (Wildman–Crippen LogP) is 5.15. The molecule has 2 aliphatic rings. The number of aryl methyl sites for hydroxylation is 1. The zero-order valence-corrected chi connectivity index (χ0v) is 27.9. The summed E-state index contributed by atoms with van der Waals surface area (Å²) in [4.78, 5) is 29.4. The fourth-order valence-electron chi connectivity index (χ4n) is 6.15. The van der Waals surface area contributed by atoms with Gasteiger partial charge in [0.15, 0.2) is 0 Å². The number of nitrogens with two attached hydrogens (primary N) is 1. The number of alkyl halides is 2. The second kappa shape index (κ2) is 16.0. The van der Waals surface area contributed by atoms with Gasteiger partial charge in [-0.15, -0.1) is 0 Å². The largest absolute Gasteiger partial charge is 0.462 e. The molecule has 3 heterocycles. The van der Waals surface area contributed by atoms with E-state index in [-0.39, 0.29) is 43.6 Å². The maximum atomic E-state index is 13.6. The van der Waals surface area contributed by atoms with E-state index in [2.05, 4.69) is 63.0 Å². The monoisotopic (exact) mass is 649 g/mol. The van der Waals surface area contributed by atoms with Gasteiger partial charge in [0.05, 0.1) is 25.4 Å². The smallest absolute Gasteiger partial charge is 0.318 e. The number of nitrogen functional groups attached to an aromatic ring is 1. The molecule has 2 aliphatic heterocycles. The first-order chi connectivity index (χ1) is 22.5. The number of carbonyl (C=O) groups excluding carboxylic acids is 1. The highest BCUT2D eigenvalue weighted by Gasteiger charge is 2.43. The number of hydrogen-bond donors (Lipinski definition) is 1. The highest BCUT2D eigenvalue weighted by atomic mass is 19.3. The van der Waals surface area contributed by atoms with Crippen LogP contribution in [0, 0.1) is 13.5 Å². The van der Waals surface area contributed by atoms with E-state index in [0.717, 1.165) is 24.2 Å². The summed E-state index contributed by atoms with van der Waals surface area (Å²) in [7, 11) is 3.26. The van der Waals surface area contributed by atoms with E-state index in [9.17, 15) is 13.6 Å². The van der Waals surface area contributed by atoms with Crippen molar-refractivity contribution in [2.45, 2.75) is 58.2 Å². The normalized spacial score (nSPS) is 17.9. The highest BCUT2D eigenvalue weighted by Crippen LogP contribution is 2.34. The number of fused-ring (bicyclic) bond motifs is 2. The van der Waals surface area contributed by atoms with Crippen LogP contribution in [-0.4, -0.2) is 97.2 Å². The van der Waals surface area contributed by atoms with E-state index in [4.69, 9.17) is 21.8 Å². The fraction of sp³-hybridized carbons (Fsp3) is 0.486. The van der Waals surface area contributed by atoms with Crippen LogP contribution in [-0.2, 0) is 22.5 Å². The molecule has 0 spiro atoms. The van der Waals surface area contributed by atoms with E-state index < -0.39 is 5.92 Å². The van der Waals surface area contributed by atoms with Gasteiger partial charge in [-0.25, -0.2) is 15.4 Å². The second-order valence-electron chi connectivity index (χ2n) is 12.1. The van der Waals surface area contributed by atoms with Gasteiger partial charge in [0.1, 0.15) is 18.5 Å². The van der Waals surface area contributed by atoms with E-state index in [1.54, 1.807) is 30.0 Å². The fourth-order valence-corrected chi connectivity index (χ4v) is 6.15. The average molecular weight is 650 g/mol. The molecule has 2 aromatic carbocycles. The van der Waals surface area contributed by atoms with Crippen molar-refractivity contribution >= 4 is 28.2 Å². The summed E-state index contributed by atoms with van der Waals surface area (Å²) in [6, 6.07) is 12.4. The number of likely N-dealkylation sites (tertiary alicyclic amines) is 1. The lowest BCUT2D eigenvalue weighted by Gasteiger charge is -2.31. The number of hydrogen-bond acceptors (Lipinski definition) is 8. The molecule has 47 heavy (non-hydrogen) atoms. The Morgan fingerprint density at radius 3 is 2.68 bits per heavy atom. The molecule has 2 N–H and O–H groups in total. The zero-order valence-electron chi connectivity index (χ0n) is 27.9. The number of methoxy groups -OCH3 is 1. The SMILES string of the molecule is Cc1cccc2cccc(N3CCc4c(N)nc(OC[C@@H]5CC(F)(F)CN5C)nc4C3)c12.[C-]#[N+]C[C@@H](C)N(CC)C(=O)/C=C/COC. The molecule has 0 aliphatic carbocycles. The van der Waals surface area contributed by atoms with Crippen LogP contribution < -0.4 is 15.4 Å². The predicted molar refractivity (Wildman–Crippen MR) is 181 cm³/mol. The summed E-state index contributed by atoms with van der Waals surface area (Å²) in [6.07, 6.45) is 3.68. The minimum Gasteiger partial charge on any atom is -0.462 e. The number of carbonyl (C=O) groups is 1. The second-order valence-corrected chi connectivity index (χ2v) is 12.1. The molecule has 1 fully saturated rings. The van der Waals surface area contributed by atoms with Crippen LogP contribution in [0.3, 0.4) is 0 Å². The van der Waals surface area contributed by atoms with Crippen LogP contribution in [0.5, 0.6) is 6.01 Å². The molecule has 0 radical (unpaired) electrons. The summed E-state index contributed by atoms with van der Waals surface area (Å²) in [5.41, 5.74) is 10.4. The van der Waals surface area contributed by atoms with Gasteiger partial charge in [0.25, 0.3) is 5.92 Å². The van der Waals surface area contributed by atoms with Crippen molar-refractivity contribution in [3.05, 3.63) is 76.8 Å². The first kappa shape index (κ1) is 35.5. The lowest BCUT2D eigenvalue weighted by atomic mass is 10.00. The number of aromatic nitrogens is 2. The van der Waals surface area contributed by atoms with Crippen molar-refractivity contribution < 1.29 is 23.0 Å². The number of halogens is 2. The van der Waals surface area contributed by atoms with Crippen LogP contribution in [0.4, 0.5) is 20.3 Å². The molecule has 1 aromatic heterocycles. The van der Waals surface area contributed by atoms with Gasteiger partial charge in [-0.1, -0.05) is 36.4 Å². The maximum Gasteiger partial charge on any atom is 0.318 e. The lowest BCUT2D eigenvalue weighted by molar-refractivity contribution is -0.127. The molecule has 10 nitrogen and oxygen atoms in total. The lowest BCUT2D eigenvalue weighted by Crippen LogP contribution is -2.38. The van der Waals surface area contributed by atoms with Crippen LogP contribution in [0.25, 0.3) is 15.6 Å². The summed E-state index contributed by atoms with van der Waals surface area (Å²) in [6.45, 7) is 15.3. The van der Waals surface area contributed by atoms with Crippen molar-refractivity contribution in [2.75, 3.05) is 64.2 Å². The summed E-state index contributed by atoms with van der Waals surface area (Å²) < 4.78 is 37.8. The van der Waals surface area contributed by atoms with Gasteiger partial charge in [0, 0.05) is 55.4 Å². The van der Waals surface area contributed by atoms with Crippen molar-refractivity contribution in [1.29, 1.82) is 0 Å². The molecule has 1 amide bonds. The average Bonchev–Trinajstić information content (AvgIpc) is 3.31. The molecule has 3 aromatic rings. The Kier molecular flexibility index (Phi) is 12.1. The molecular formula is C35H45F2N7O3. The molecule has 5 rings (SSSR count). The number of likely N-dealkylation sites (N-methyl/N-ethyl adjacent to an activating group) is 2. The number of amides is 1. The summed E-state index contributed by atoms with van der Waals surface area (Å²) in [5, 5.41) is 2.44. The topological polar surface area (TPSA) is 101 Å². The van der Waals surface area contributed by atoms with Gasteiger partial charge in [0.2, 0.25) is 12.5 Å². The Morgan fingerprint density at radius 2 is 2.02 bits per heavy atom. The third-order valence-corrected chi connectivity index (χ3v) is 8.59. The molecule has 0 saturated carbocycles. The van der Waals surface area contributed by atoms with Crippen LogP contribution >= 0.6 is 0 Å². The molecule has 0 unspecified atom stereocenters. The Hall–Kier alpha value is -4.34. The van der Waals surface area contributed by atoms with Crippen molar-refractivity contribution in [3.8, 4) is 6.01 Å². The number of benzene rings is 2. The van der Waals surface area contributed by atoms with Crippen LogP contribution in [0.15, 0.2) is 48.6 Å². The van der Waals surface area contributed by atoms with Gasteiger partial charge in [-0.3, -0.25) is 9.69 Å². The highest BCUT2D eigenvalue weighted by molar-refractivity contribution is 5.97. The van der Waals surface area contributed by atoms with Gasteiger partial charge >= 0.3 is 6.01 Å². The molecule has 1 saturated heterocycles. The van der Waals surface area contributed by atoms with Crippen molar-refractivity contribution in [3.63, 3.8) is 0 Å². The molecular weight excluding hydrogens is 604 g/mol. The number of anilines is 2. The number of nitrogens with zero attached hydrogens (tertiary/aromatic N) is 6. The minimum absolute atomic E-state index is 0.0350. The first-order valence-corrected chi connectivity index (χ1v) is 15.9. The van der Waals surface area contributed by atoms with Crippen LogP contribution in [0.2, 0.25) is 0 Å². The molecule has 0 bridgehead atoms. The molecule has 12 heteroatoms. The van der Waals surface area contributed by atoms with Crippen LogP contribution in [0.1, 0.15) is 37.1 Å². The number of ether oxygens (including phenoxy) is 2. The molecule has 2 atom stereocenters. The Balaban J connectivity index is 0.000000284. The van der Waals surface area contributed by atoms with Gasteiger partial charge in [-0.05, 0) is 51.3 Å². The van der Waals surface area contributed by atoms with Crippen molar-refractivity contribution in [2.24, 2.45) is 0 Å². The standard InChI is InChI=1S/C24H27F2N5O.C11H18N2O2/c1-15-5-3-6-16-7-4-8-20(21(15)16)31-10-9-18-19(12-31)28-23(29-22(18)27)32-13-17-11-24(25,26)14-30(17)2;1-5-13(10(2)9-12-3)11(14)7-6-8-15-4/h3-8,17H,9-14H2,1-2H3,(H2,27,28,29);6-7,10H,5,8-9H2,1-2,4H3/b;7-6+/t17-;10-/m01/s1. The first-order valence-electron chi connectivity index (χ1n) is 15.9. The van der Waals surface area contributed by atoms with Crippen molar-refractivity contribution in [1.82, 2.24) is 19.8 Å². The van der Waals surface area contributed by atoms with E-state index in [0.29, 0.717) is 32.1 Å². The number of rotatable bonds is 10. The molecule has 252 valence electrons.